The van der Waals surface area contributed by atoms with Crippen molar-refractivity contribution in [1.82, 2.24) is 9.97 Å². The molecule has 100 valence electrons. The Hall–Kier alpha value is -1.88. The lowest BCUT2D eigenvalue weighted by molar-refractivity contribution is 0.0448. The smallest absolute Gasteiger partial charge is 0.140 e. The lowest BCUT2D eigenvalue weighted by atomic mass is 9.95. The molecule has 2 N–H and O–H groups in total. The summed E-state index contributed by atoms with van der Waals surface area (Å²) < 4.78 is 0. The molecule has 3 rings (SSSR count). The van der Waals surface area contributed by atoms with Crippen molar-refractivity contribution < 1.29 is 10.2 Å². The Morgan fingerprint density at radius 1 is 1.32 bits per heavy atom. The Labute approximate surface area is 111 Å². The highest BCUT2D eigenvalue weighted by atomic mass is 16.3. The average molecular weight is 259 g/mol. The zero-order valence-corrected chi connectivity index (χ0v) is 10.9. The van der Waals surface area contributed by atoms with E-state index in [-0.39, 0.29) is 5.75 Å². The van der Waals surface area contributed by atoms with Crippen LogP contribution in [0.25, 0.3) is 10.9 Å². The zero-order valence-electron chi connectivity index (χ0n) is 10.9. The first kappa shape index (κ1) is 12.2. The van der Waals surface area contributed by atoms with Crippen LogP contribution >= 0.6 is 0 Å². The minimum absolute atomic E-state index is 0.201. The zero-order chi connectivity index (χ0) is 13.5. The fourth-order valence-electron chi connectivity index (χ4n) is 2.68. The Balaban J connectivity index is 2.07. The second-order valence-electron chi connectivity index (χ2n) is 5.42. The summed E-state index contributed by atoms with van der Waals surface area (Å²) in [6.45, 7) is 3.26. The average Bonchev–Trinajstić information content (AvgIpc) is 2.36. The number of nitrogens with zero attached hydrogens (tertiary/aromatic N) is 3. The molecular weight excluding hydrogens is 242 g/mol. The summed E-state index contributed by atoms with van der Waals surface area (Å²) in [7, 11) is 0. The number of hydrogen-bond donors (Lipinski definition) is 2. The van der Waals surface area contributed by atoms with Crippen molar-refractivity contribution in [3.05, 3.63) is 24.5 Å². The molecule has 19 heavy (non-hydrogen) atoms. The summed E-state index contributed by atoms with van der Waals surface area (Å²) in [5.41, 5.74) is 0.111. The first-order chi connectivity index (χ1) is 9.05. The number of piperidine rings is 1. The highest BCUT2D eigenvalue weighted by Crippen LogP contribution is 2.30. The first-order valence-corrected chi connectivity index (χ1v) is 6.46. The Morgan fingerprint density at radius 2 is 2.16 bits per heavy atom. The van der Waals surface area contributed by atoms with E-state index >= 15 is 0 Å². The van der Waals surface area contributed by atoms with Crippen molar-refractivity contribution >= 4 is 16.7 Å². The maximum absolute atomic E-state index is 10.2. The molecule has 1 aromatic heterocycles. The van der Waals surface area contributed by atoms with Crippen LogP contribution in [-0.2, 0) is 0 Å². The molecule has 0 spiro atoms. The second kappa shape index (κ2) is 4.35. The molecule has 0 radical (unpaired) electrons. The van der Waals surface area contributed by atoms with Crippen LogP contribution < -0.4 is 4.90 Å². The Morgan fingerprint density at radius 3 is 2.95 bits per heavy atom. The summed E-state index contributed by atoms with van der Waals surface area (Å²) in [6.07, 6.45) is 3.26. The molecule has 5 heteroatoms. The summed E-state index contributed by atoms with van der Waals surface area (Å²) in [6, 6.07) is 5.07. The quantitative estimate of drug-likeness (QED) is 0.815. The number of rotatable bonds is 1. The number of β-amino-alcohol motifs (C(OH)–C–C–N with tert-alkyl or cyclic N) is 1. The number of benzene rings is 1. The third-order valence-corrected chi connectivity index (χ3v) is 3.57. The molecule has 0 bridgehead atoms. The first-order valence-electron chi connectivity index (χ1n) is 6.46. The number of aliphatic hydroxyl groups is 1. The van der Waals surface area contributed by atoms with Crippen LogP contribution in [0.2, 0.25) is 0 Å². The maximum Gasteiger partial charge on any atom is 0.140 e. The van der Waals surface area contributed by atoms with Crippen molar-refractivity contribution in [2.75, 3.05) is 18.0 Å². The summed E-state index contributed by atoms with van der Waals surface area (Å²) >= 11 is 0. The van der Waals surface area contributed by atoms with Crippen LogP contribution in [0.4, 0.5) is 5.82 Å². The molecule has 0 saturated carbocycles. The van der Waals surface area contributed by atoms with Gasteiger partial charge in [0.05, 0.1) is 11.1 Å². The number of aromatic hydroxyl groups is 1. The predicted molar refractivity (Wildman–Crippen MR) is 73.3 cm³/mol. The van der Waals surface area contributed by atoms with E-state index in [0.29, 0.717) is 6.54 Å². The van der Waals surface area contributed by atoms with Gasteiger partial charge < -0.3 is 15.1 Å². The van der Waals surface area contributed by atoms with E-state index in [9.17, 15) is 10.2 Å². The summed E-state index contributed by atoms with van der Waals surface area (Å²) in [4.78, 5) is 10.6. The normalized spacial score (nSPS) is 23.8. The maximum atomic E-state index is 10.2. The minimum atomic E-state index is -0.688. The van der Waals surface area contributed by atoms with Crippen molar-refractivity contribution in [3.8, 4) is 5.75 Å². The van der Waals surface area contributed by atoms with Gasteiger partial charge in [0.2, 0.25) is 0 Å². The van der Waals surface area contributed by atoms with Gasteiger partial charge in [-0.15, -0.1) is 0 Å². The molecule has 1 fully saturated rings. The van der Waals surface area contributed by atoms with E-state index in [1.165, 1.54) is 6.33 Å². The van der Waals surface area contributed by atoms with Gasteiger partial charge in [0.15, 0.2) is 0 Å². The molecule has 1 aromatic carbocycles. The molecule has 2 aromatic rings. The van der Waals surface area contributed by atoms with E-state index in [0.717, 1.165) is 36.1 Å². The van der Waals surface area contributed by atoms with Gasteiger partial charge in [0, 0.05) is 18.5 Å². The topological polar surface area (TPSA) is 69.5 Å². The summed E-state index contributed by atoms with van der Waals surface area (Å²) in [5, 5.41) is 20.7. The number of phenolic OH excluding ortho intramolecular Hbond substituents is 1. The third kappa shape index (κ3) is 2.33. The number of phenols is 1. The molecule has 0 amide bonds. The molecule has 0 unspecified atom stereocenters. The monoisotopic (exact) mass is 259 g/mol. The Kier molecular flexibility index (Phi) is 2.78. The highest BCUT2D eigenvalue weighted by Gasteiger charge is 2.29. The number of hydrogen-bond acceptors (Lipinski definition) is 5. The molecule has 0 aliphatic carbocycles. The molecular formula is C14H17N3O2. The molecule has 1 aliphatic heterocycles. The number of fused-ring (bicyclic) bond motifs is 1. The van der Waals surface area contributed by atoms with Gasteiger partial charge in [-0.05, 0) is 38.0 Å². The van der Waals surface area contributed by atoms with Gasteiger partial charge in [-0.2, -0.15) is 0 Å². The van der Waals surface area contributed by atoms with Gasteiger partial charge in [0.1, 0.15) is 17.9 Å². The standard InChI is InChI=1S/C14H17N3O2/c1-14(19)5-2-6-17(8-14)13-11-7-10(18)3-4-12(11)15-9-16-13/h3-4,7,9,18-19H,2,5-6,8H2,1H3/t14-/m1/s1. The van der Waals surface area contributed by atoms with Gasteiger partial charge in [0.25, 0.3) is 0 Å². The lowest BCUT2D eigenvalue weighted by Crippen LogP contribution is -2.46. The van der Waals surface area contributed by atoms with Gasteiger partial charge in [-0.3, -0.25) is 0 Å². The molecule has 1 atom stereocenters. The van der Waals surface area contributed by atoms with Crippen LogP contribution in [0.3, 0.4) is 0 Å². The lowest BCUT2D eigenvalue weighted by Gasteiger charge is -2.37. The van der Waals surface area contributed by atoms with Gasteiger partial charge >= 0.3 is 0 Å². The van der Waals surface area contributed by atoms with E-state index in [1.54, 1.807) is 18.2 Å². The van der Waals surface area contributed by atoms with Crippen molar-refractivity contribution in [2.24, 2.45) is 0 Å². The second-order valence-corrected chi connectivity index (χ2v) is 5.42. The van der Waals surface area contributed by atoms with Gasteiger partial charge in [-0.25, -0.2) is 9.97 Å². The fraction of sp³-hybridized carbons (Fsp3) is 0.429. The van der Waals surface area contributed by atoms with Crippen LogP contribution in [-0.4, -0.2) is 38.9 Å². The minimum Gasteiger partial charge on any atom is -0.508 e. The van der Waals surface area contributed by atoms with Crippen molar-refractivity contribution in [1.29, 1.82) is 0 Å². The Bertz CT molecular complexity index is 613. The predicted octanol–water partition coefficient (Wildman–Crippen LogP) is 1.69. The highest BCUT2D eigenvalue weighted by molar-refractivity contribution is 5.90. The molecule has 2 heterocycles. The van der Waals surface area contributed by atoms with Crippen molar-refractivity contribution in [2.45, 2.75) is 25.4 Å². The third-order valence-electron chi connectivity index (χ3n) is 3.57. The van der Waals surface area contributed by atoms with E-state index < -0.39 is 5.60 Å². The molecule has 1 aliphatic rings. The molecule has 5 nitrogen and oxygen atoms in total. The van der Waals surface area contributed by atoms with Crippen molar-refractivity contribution in [3.63, 3.8) is 0 Å². The largest absolute Gasteiger partial charge is 0.508 e. The summed E-state index contributed by atoms with van der Waals surface area (Å²) in [5.74, 6) is 0.980. The van der Waals surface area contributed by atoms with Gasteiger partial charge in [-0.1, -0.05) is 0 Å². The SMILES string of the molecule is C[C@@]1(O)CCCN(c2ncnc3ccc(O)cc23)C1. The van der Waals surface area contributed by atoms with E-state index in [1.807, 2.05) is 6.92 Å². The van der Waals surface area contributed by atoms with Crippen LogP contribution in [0.1, 0.15) is 19.8 Å². The van der Waals surface area contributed by atoms with Crippen LogP contribution in [0, 0.1) is 0 Å². The van der Waals surface area contributed by atoms with E-state index in [4.69, 9.17) is 0 Å². The molecule has 1 saturated heterocycles. The van der Waals surface area contributed by atoms with Crippen LogP contribution in [0.5, 0.6) is 5.75 Å². The fourth-order valence-corrected chi connectivity index (χ4v) is 2.68. The van der Waals surface area contributed by atoms with Crippen LogP contribution in [0.15, 0.2) is 24.5 Å². The number of aromatic nitrogens is 2. The number of anilines is 1. The van der Waals surface area contributed by atoms with E-state index in [2.05, 4.69) is 14.9 Å².